The number of aromatic nitrogens is 2. The molecule has 1 aliphatic carbocycles. The van der Waals surface area contributed by atoms with Crippen molar-refractivity contribution in [2.24, 2.45) is 11.8 Å². The van der Waals surface area contributed by atoms with E-state index in [1.54, 1.807) is 0 Å². The van der Waals surface area contributed by atoms with E-state index in [1.165, 1.54) is 0 Å². The Balaban J connectivity index is 0.00000203. The molecule has 2 heterocycles. The van der Waals surface area contributed by atoms with E-state index in [2.05, 4.69) is 71.5 Å². The molecule has 0 amide bonds. The number of para-hydroxylation sites is 6. The van der Waals surface area contributed by atoms with Crippen LogP contribution in [0.25, 0.3) is 77.2 Å². The minimum Gasteiger partial charge on any atom is -0.871 e. The Morgan fingerprint density at radius 3 is 1.10 bits per heavy atom. The first-order chi connectivity index (χ1) is 31.4. The molecule has 7 heteroatoms. The van der Waals surface area contributed by atoms with Crippen LogP contribution >= 0.6 is 0 Å². The number of rotatable bonds is 10. The summed E-state index contributed by atoms with van der Waals surface area (Å²) in [6.45, 7) is 5.13. The molecule has 11 rings (SSSR count). The number of nitrogens with zero attached hydrogens (tertiary/aromatic N) is 2. The summed E-state index contributed by atoms with van der Waals surface area (Å²) >= 11 is 0. The third kappa shape index (κ3) is 8.44. The van der Waals surface area contributed by atoms with Gasteiger partial charge < -0.3 is 43.7 Å². The summed E-state index contributed by atoms with van der Waals surface area (Å²) in [6, 6.07) is 57.0. The molecule has 1 saturated carbocycles. The Hall–Kier alpha value is -6.57. The number of hydrogen-bond donors (Lipinski definition) is 0. The number of ether oxygens (including phenoxy) is 2. The molecule has 1 aliphatic rings. The second kappa shape index (κ2) is 19.7. The average Bonchev–Trinajstić information content (AvgIpc) is 3.85. The van der Waals surface area contributed by atoms with E-state index in [0.717, 1.165) is 91.5 Å². The fraction of sp³-hybridized carbons (Fsp3) is 0.167. The minimum atomic E-state index is -0.0345. The molecule has 10 aromatic rings. The quantitative estimate of drug-likeness (QED) is 0.101. The Labute approximate surface area is 412 Å². The molecular weight excluding hydrogens is 991 g/mol. The number of aryl methyl sites for hydroxylation is 2. The molecule has 0 bridgehead atoms. The van der Waals surface area contributed by atoms with Gasteiger partial charge in [0.15, 0.2) is 0 Å². The fourth-order valence-corrected chi connectivity index (χ4v) is 10.4. The average molecular weight is 1050 g/mol. The molecule has 0 unspecified atom stereocenters. The second-order valence-electron chi connectivity index (χ2n) is 17.5. The van der Waals surface area contributed by atoms with Crippen molar-refractivity contribution in [3.63, 3.8) is 0 Å². The second-order valence-corrected chi connectivity index (χ2v) is 17.5. The maximum Gasteiger partial charge on any atom is 4.00 e. The van der Waals surface area contributed by atoms with Crippen LogP contribution in [0.2, 0.25) is 0 Å². The molecule has 67 heavy (non-hydrogen) atoms. The predicted molar refractivity (Wildman–Crippen MR) is 270 cm³/mol. The first kappa shape index (κ1) is 46.9. The summed E-state index contributed by atoms with van der Waals surface area (Å²) in [4.78, 5) is 0. The van der Waals surface area contributed by atoms with Crippen molar-refractivity contribution in [3.8, 4) is 56.6 Å². The van der Waals surface area contributed by atoms with Gasteiger partial charge in [0, 0.05) is 44.0 Å². The standard InChI is InChI=1S/C58H50N2O4.2CH3.Hf/c1-37-31-47(57(61)53(33-37)59-49-25-11-5-19-41(49)42-20-6-12-26-50(42)59)45-23-9-15-29-55(45)63-35-39-17-3-4-18-40(39)36-64-56-30-16-10-24-46(56)48-32-38(2)34-54(58(48)62)60-51-27-13-7-21-43(51)44-22-8-14-28-52(44)60;;;/h5-16,19-34,39-40,61-62H,3-4,17-18,35-36H2,1-2H3;2*1H3;/q;2*-1;+4/p-2/t39-,40-;;;/m0.../s1. The molecule has 6 nitrogen and oxygen atoms in total. The normalized spacial score (nSPS) is 14.7. The third-order valence-corrected chi connectivity index (χ3v) is 13.4. The van der Waals surface area contributed by atoms with Crippen molar-refractivity contribution >= 4 is 43.6 Å². The van der Waals surface area contributed by atoms with Crippen LogP contribution < -0.4 is 19.7 Å². The van der Waals surface area contributed by atoms with Crippen LogP contribution in [0.1, 0.15) is 36.8 Å². The maximum absolute atomic E-state index is 14.7. The van der Waals surface area contributed by atoms with Gasteiger partial charge in [-0.05, 0) is 109 Å². The zero-order chi connectivity index (χ0) is 43.3. The summed E-state index contributed by atoms with van der Waals surface area (Å²) in [7, 11) is 0. The van der Waals surface area contributed by atoms with Crippen molar-refractivity contribution in [2.75, 3.05) is 13.2 Å². The molecule has 0 radical (unpaired) electrons. The smallest absolute Gasteiger partial charge is 0.871 e. The molecule has 2 atom stereocenters. The van der Waals surface area contributed by atoms with E-state index in [9.17, 15) is 10.2 Å². The van der Waals surface area contributed by atoms with E-state index in [1.807, 2.05) is 121 Å². The van der Waals surface area contributed by atoms with Gasteiger partial charge in [-0.3, -0.25) is 0 Å². The zero-order valence-corrected chi connectivity index (χ0v) is 42.2. The van der Waals surface area contributed by atoms with Gasteiger partial charge in [-0.2, -0.15) is 0 Å². The molecule has 0 saturated heterocycles. The van der Waals surface area contributed by atoms with Crippen molar-refractivity contribution in [2.45, 2.75) is 39.5 Å². The van der Waals surface area contributed by atoms with Crippen molar-refractivity contribution in [1.82, 2.24) is 9.13 Å². The molecule has 8 aromatic carbocycles. The van der Waals surface area contributed by atoms with Crippen LogP contribution in [0.5, 0.6) is 23.0 Å². The van der Waals surface area contributed by atoms with Gasteiger partial charge in [-0.25, -0.2) is 0 Å². The van der Waals surface area contributed by atoms with Crippen LogP contribution in [0.15, 0.2) is 170 Å². The van der Waals surface area contributed by atoms with Gasteiger partial charge in [0.25, 0.3) is 0 Å². The van der Waals surface area contributed by atoms with E-state index >= 15 is 0 Å². The molecule has 0 aliphatic heterocycles. The van der Waals surface area contributed by atoms with E-state index in [-0.39, 0.29) is 64.0 Å². The Kier molecular flexibility index (Phi) is 13.8. The van der Waals surface area contributed by atoms with Crippen molar-refractivity contribution in [3.05, 3.63) is 196 Å². The summed E-state index contributed by atoms with van der Waals surface area (Å²) in [5.74, 6) is 1.84. The third-order valence-electron chi connectivity index (χ3n) is 13.4. The van der Waals surface area contributed by atoms with Crippen LogP contribution in [0, 0.1) is 40.5 Å². The van der Waals surface area contributed by atoms with Crippen LogP contribution in [0.3, 0.4) is 0 Å². The molecular formula is C60H54HfN2O4. The van der Waals surface area contributed by atoms with Gasteiger partial charge in [-0.1, -0.05) is 146 Å². The minimum absolute atomic E-state index is 0. The number of hydrogen-bond acceptors (Lipinski definition) is 4. The Morgan fingerprint density at radius 2 is 0.746 bits per heavy atom. The van der Waals surface area contributed by atoms with Gasteiger partial charge in [0.1, 0.15) is 11.5 Å². The van der Waals surface area contributed by atoms with Crippen LogP contribution in [0.4, 0.5) is 0 Å². The summed E-state index contributed by atoms with van der Waals surface area (Å²) in [5, 5.41) is 33.8. The van der Waals surface area contributed by atoms with Crippen LogP contribution in [-0.4, -0.2) is 22.3 Å². The number of fused-ring (bicyclic) bond motifs is 6. The first-order valence-corrected chi connectivity index (χ1v) is 22.5. The largest absolute Gasteiger partial charge is 4.00 e. The molecule has 332 valence electrons. The van der Waals surface area contributed by atoms with Gasteiger partial charge >= 0.3 is 25.8 Å². The van der Waals surface area contributed by atoms with Gasteiger partial charge in [0.2, 0.25) is 0 Å². The summed E-state index contributed by atoms with van der Waals surface area (Å²) < 4.78 is 17.8. The van der Waals surface area contributed by atoms with Crippen molar-refractivity contribution in [1.29, 1.82) is 0 Å². The van der Waals surface area contributed by atoms with E-state index < -0.39 is 0 Å². The predicted octanol–water partition coefficient (Wildman–Crippen LogP) is 14.1. The SMILES string of the molecule is Cc1cc(-c2ccccc2OC[C@@H]2CCCC[C@H]2COc2ccccc2-c2cc(C)cc(-n3c4ccccc4c4ccccc43)c2[O-])c([O-])c(-n2c3ccccc3c3ccccc32)c1.[CH3-].[CH3-].[Hf+4]. The monoisotopic (exact) mass is 1050 g/mol. The van der Waals surface area contributed by atoms with Gasteiger partial charge in [0.05, 0.1) is 35.3 Å². The van der Waals surface area contributed by atoms with E-state index in [0.29, 0.717) is 47.2 Å². The van der Waals surface area contributed by atoms with Gasteiger partial charge in [-0.15, -0.1) is 0 Å². The fourth-order valence-electron chi connectivity index (χ4n) is 10.4. The molecule has 0 spiro atoms. The zero-order valence-electron chi connectivity index (χ0n) is 38.6. The van der Waals surface area contributed by atoms with E-state index in [4.69, 9.17) is 9.47 Å². The molecule has 1 fully saturated rings. The summed E-state index contributed by atoms with van der Waals surface area (Å²) in [5.41, 5.74) is 10.1. The first-order valence-electron chi connectivity index (χ1n) is 22.5. The maximum atomic E-state index is 14.7. The Bertz CT molecular complexity index is 3050. The topological polar surface area (TPSA) is 74.4 Å². The Morgan fingerprint density at radius 1 is 0.433 bits per heavy atom. The van der Waals surface area contributed by atoms with Crippen molar-refractivity contribution < 1.29 is 45.5 Å². The van der Waals surface area contributed by atoms with Crippen LogP contribution in [-0.2, 0) is 25.8 Å². The molecule has 0 N–H and O–H groups in total. The summed E-state index contributed by atoms with van der Waals surface area (Å²) in [6.07, 6.45) is 4.30. The molecule has 2 aromatic heterocycles. The number of benzene rings is 8.